The van der Waals surface area contributed by atoms with Crippen LogP contribution < -0.4 is 20.1 Å². The molecule has 2 aromatic carbocycles. The first kappa shape index (κ1) is 26.5. The molecule has 0 spiro atoms. The molecule has 0 fully saturated rings. The lowest BCUT2D eigenvalue weighted by atomic mass is 10.1. The molecule has 0 aliphatic carbocycles. The molecule has 2 aromatic rings. The Hall–Kier alpha value is -2.49. The van der Waals surface area contributed by atoms with Gasteiger partial charge < -0.3 is 25.0 Å². The summed E-state index contributed by atoms with van der Waals surface area (Å²) in [6, 6.07) is 15.8. The number of nitrogens with zero attached hydrogens (tertiary/aromatic N) is 2. The maximum absolute atomic E-state index is 12.0. The van der Waals surface area contributed by atoms with Crippen molar-refractivity contribution in [2.75, 3.05) is 41.4 Å². The summed E-state index contributed by atoms with van der Waals surface area (Å²) in [5.74, 6) is 2.01. The molecule has 2 N–H and O–H groups in total. The highest BCUT2D eigenvalue weighted by molar-refractivity contribution is 14.0. The Morgan fingerprint density at radius 3 is 2.42 bits per heavy atom. The Morgan fingerprint density at radius 2 is 1.81 bits per heavy atom. The number of hydrogen-bond donors (Lipinski definition) is 2. The number of likely N-dealkylation sites (N-methyl/N-ethyl adjacent to an activating group) is 1. The highest BCUT2D eigenvalue weighted by Gasteiger charge is 2.15. The van der Waals surface area contributed by atoms with Crippen molar-refractivity contribution in [1.82, 2.24) is 15.5 Å². The number of carbonyl (C=O) groups is 1. The SMILES string of the molecule is COc1ccc(OC)c(C(C)NC(=NCC(=O)N(C)C)NCCc2ccccc2)c1.I. The van der Waals surface area contributed by atoms with Crippen LogP contribution >= 0.6 is 24.0 Å². The molecule has 31 heavy (non-hydrogen) atoms. The van der Waals surface area contributed by atoms with Crippen LogP contribution in [0.3, 0.4) is 0 Å². The first-order valence-corrected chi connectivity index (χ1v) is 9.95. The van der Waals surface area contributed by atoms with E-state index in [9.17, 15) is 4.79 Å². The van der Waals surface area contributed by atoms with Gasteiger partial charge in [-0.3, -0.25) is 4.79 Å². The number of amides is 1. The lowest BCUT2D eigenvalue weighted by Crippen LogP contribution is -2.40. The Balaban J connectivity index is 0.00000480. The van der Waals surface area contributed by atoms with Crippen molar-refractivity contribution < 1.29 is 14.3 Å². The summed E-state index contributed by atoms with van der Waals surface area (Å²) in [7, 11) is 6.71. The minimum absolute atomic E-state index is 0. The quantitative estimate of drug-likeness (QED) is 0.290. The van der Waals surface area contributed by atoms with Gasteiger partial charge in [0.1, 0.15) is 18.0 Å². The Kier molecular flexibility index (Phi) is 11.8. The van der Waals surface area contributed by atoms with Crippen LogP contribution in [0.5, 0.6) is 11.5 Å². The second kappa shape index (κ2) is 13.7. The number of ether oxygens (including phenoxy) is 2. The van der Waals surface area contributed by atoms with Gasteiger partial charge in [-0.2, -0.15) is 0 Å². The van der Waals surface area contributed by atoms with Crippen LogP contribution in [0.1, 0.15) is 24.1 Å². The van der Waals surface area contributed by atoms with Gasteiger partial charge in [-0.05, 0) is 37.1 Å². The van der Waals surface area contributed by atoms with Crippen molar-refractivity contribution in [3.63, 3.8) is 0 Å². The largest absolute Gasteiger partial charge is 0.497 e. The van der Waals surface area contributed by atoms with Gasteiger partial charge in [0.2, 0.25) is 5.91 Å². The van der Waals surface area contributed by atoms with Crippen molar-refractivity contribution in [3.8, 4) is 11.5 Å². The van der Waals surface area contributed by atoms with E-state index in [0.29, 0.717) is 12.5 Å². The summed E-state index contributed by atoms with van der Waals surface area (Å²) in [4.78, 5) is 18.0. The zero-order chi connectivity index (χ0) is 21.9. The number of nitrogens with one attached hydrogen (secondary N) is 2. The van der Waals surface area contributed by atoms with Gasteiger partial charge in [0.15, 0.2) is 5.96 Å². The Labute approximate surface area is 202 Å². The van der Waals surface area contributed by atoms with Crippen LogP contribution in [0, 0.1) is 0 Å². The number of halogens is 1. The van der Waals surface area contributed by atoms with E-state index in [0.717, 1.165) is 23.5 Å². The predicted molar refractivity (Wildman–Crippen MR) is 136 cm³/mol. The van der Waals surface area contributed by atoms with E-state index in [4.69, 9.17) is 9.47 Å². The fraction of sp³-hybridized carbons (Fsp3) is 0.391. The zero-order valence-corrected chi connectivity index (χ0v) is 21.2. The predicted octanol–water partition coefficient (Wildman–Crippen LogP) is 3.25. The van der Waals surface area contributed by atoms with Gasteiger partial charge in [-0.1, -0.05) is 30.3 Å². The van der Waals surface area contributed by atoms with Crippen LogP contribution in [-0.2, 0) is 11.2 Å². The van der Waals surface area contributed by atoms with E-state index in [-0.39, 0.29) is 42.5 Å². The fourth-order valence-corrected chi connectivity index (χ4v) is 2.87. The molecular formula is C23H33IN4O3. The van der Waals surface area contributed by atoms with Crippen molar-refractivity contribution in [3.05, 3.63) is 59.7 Å². The number of rotatable bonds is 9. The molecule has 1 amide bonds. The summed E-state index contributed by atoms with van der Waals surface area (Å²) in [6.45, 7) is 2.77. The lowest BCUT2D eigenvalue weighted by Gasteiger charge is -2.21. The maximum Gasteiger partial charge on any atom is 0.243 e. The third-order valence-corrected chi connectivity index (χ3v) is 4.68. The summed E-state index contributed by atoms with van der Waals surface area (Å²) < 4.78 is 10.8. The third kappa shape index (κ3) is 8.64. The summed E-state index contributed by atoms with van der Waals surface area (Å²) >= 11 is 0. The van der Waals surface area contributed by atoms with Crippen LogP contribution in [0.25, 0.3) is 0 Å². The van der Waals surface area contributed by atoms with E-state index in [1.807, 2.05) is 43.3 Å². The molecule has 2 rings (SSSR count). The Morgan fingerprint density at radius 1 is 1.10 bits per heavy atom. The minimum Gasteiger partial charge on any atom is -0.497 e. The second-order valence-electron chi connectivity index (χ2n) is 7.09. The molecule has 0 aromatic heterocycles. The molecule has 7 nitrogen and oxygen atoms in total. The molecule has 0 bridgehead atoms. The molecule has 0 aliphatic heterocycles. The van der Waals surface area contributed by atoms with Crippen molar-refractivity contribution in [1.29, 1.82) is 0 Å². The highest BCUT2D eigenvalue weighted by atomic mass is 127. The van der Waals surface area contributed by atoms with Crippen LogP contribution in [0.2, 0.25) is 0 Å². The van der Waals surface area contributed by atoms with Gasteiger partial charge in [-0.15, -0.1) is 24.0 Å². The van der Waals surface area contributed by atoms with Crippen molar-refractivity contribution in [2.24, 2.45) is 4.99 Å². The monoisotopic (exact) mass is 540 g/mol. The van der Waals surface area contributed by atoms with Gasteiger partial charge in [-0.25, -0.2) is 4.99 Å². The second-order valence-corrected chi connectivity index (χ2v) is 7.09. The van der Waals surface area contributed by atoms with Gasteiger partial charge in [0, 0.05) is 26.2 Å². The normalized spacial score (nSPS) is 11.7. The molecule has 1 atom stereocenters. The molecule has 0 radical (unpaired) electrons. The smallest absolute Gasteiger partial charge is 0.243 e. The number of carbonyl (C=O) groups excluding carboxylic acids is 1. The van der Waals surface area contributed by atoms with E-state index < -0.39 is 0 Å². The first-order chi connectivity index (χ1) is 14.4. The van der Waals surface area contributed by atoms with Crippen LogP contribution in [0.15, 0.2) is 53.5 Å². The molecule has 0 saturated heterocycles. The van der Waals surface area contributed by atoms with E-state index in [2.05, 4.69) is 27.8 Å². The molecule has 0 saturated carbocycles. The van der Waals surface area contributed by atoms with Gasteiger partial charge in [0.25, 0.3) is 0 Å². The minimum atomic E-state index is -0.118. The number of guanidine groups is 1. The highest BCUT2D eigenvalue weighted by Crippen LogP contribution is 2.29. The molecule has 170 valence electrons. The number of aliphatic imine (C=N–C) groups is 1. The van der Waals surface area contributed by atoms with E-state index >= 15 is 0 Å². The van der Waals surface area contributed by atoms with Crippen molar-refractivity contribution >= 4 is 35.8 Å². The fourth-order valence-electron chi connectivity index (χ4n) is 2.87. The third-order valence-electron chi connectivity index (χ3n) is 4.68. The number of methoxy groups -OCH3 is 2. The molecule has 1 unspecified atom stereocenters. The summed E-state index contributed by atoms with van der Waals surface area (Å²) in [5, 5.41) is 6.70. The average molecular weight is 540 g/mol. The summed E-state index contributed by atoms with van der Waals surface area (Å²) in [5.41, 5.74) is 2.17. The zero-order valence-electron chi connectivity index (χ0n) is 18.8. The van der Waals surface area contributed by atoms with Crippen LogP contribution in [0.4, 0.5) is 0 Å². The first-order valence-electron chi connectivity index (χ1n) is 9.95. The molecular weight excluding hydrogens is 507 g/mol. The lowest BCUT2D eigenvalue weighted by molar-refractivity contribution is -0.127. The Bertz CT molecular complexity index is 844. The maximum atomic E-state index is 12.0. The number of hydrogen-bond acceptors (Lipinski definition) is 4. The van der Waals surface area contributed by atoms with E-state index in [1.54, 1.807) is 28.3 Å². The average Bonchev–Trinajstić information content (AvgIpc) is 2.77. The van der Waals surface area contributed by atoms with Gasteiger partial charge in [0.05, 0.1) is 20.3 Å². The molecule has 0 heterocycles. The van der Waals surface area contributed by atoms with Crippen molar-refractivity contribution in [2.45, 2.75) is 19.4 Å². The molecule has 8 heteroatoms. The van der Waals surface area contributed by atoms with E-state index in [1.165, 1.54) is 10.5 Å². The number of benzene rings is 2. The standard InChI is InChI=1S/C23H32N4O3.HI/c1-17(20-15-19(29-4)11-12-21(20)30-5)26-23(25-16-22(28)27(2)3)24-14-13-18-9-7-6-8-10-18;/h6-12,15,17H,13-14,16H2,1-5H3,(H2,24,25,26);1H. The molecule has 0 aliphatic rings. The summed E-state index contributed by atoms with van der Waals surface area (Å²) in [6.07, 6.45) is 0.847. The topological polar surface area (TPSA) is 75.2 Å². The van der Waals surface area contributed by atoms with Gasteiger partial charge >= 0.3 is 0 Å². The van der Waals surface area contributed by atoms with Crippen LogP contribution in [-0.4, -0.2) is 58.2 Å².